The second-order valence-corrected chi connectivity index (χ2v) is 10.3. The molecular formula is C25H31N7O2S. The minimum Gasteiger partial charge on any atom is -0.490 e. The Bertz CT molecular complexity index is 1190. The van der Waals surface area contributed by atoms with Crippen LogP contribution in [0.4, 0.5) is 17.5 Å². The van der Waals surface area contributed by atoms with Crippen molar-refractivity contribution in [1.82, 2.24) is 25.1 Å². The summed E-state index contributed by atoms with van der Waals surface area (Å²) in [6.07, 6.45) is 2.61. The first-order chi connectivity index (χ1) is 17.0. The van der Waals surface area contributed by atoms with Gasteiger partial charge in [-0.2, -0.15) is 5.10 Å². The van der Waals surface area contributed by atoms with E-state index in [0.29, 0.717) is 34.7 Å². The molecule has 0 amide bonds. The van der Waals surface area contributed by atoms with Crippen molar-refractivity contribution in [2.75, 3.05) is 50.6 Å². The standard InChI is InChI=1S/C25H31N7O2S/c1-16-14-21(30-29-16)26-23-22(34-3)24(32-12-10-31(2)11-13-32)28-25(27-23)35-19-8-4-17(5-9-19)15-20(33)18-6-7-18/h4-5,8-9,14,18H,6-7,10-13,15H2,1-3H3,(H2,26,27,28,29,30). The minimum absolute atomic E-state index is 0.286. The van der Waals surface area contributed by atoms with Gasteiger partial charge in [-0.15, -0.1) is 0 Å². The van der Waals surface area contributed by atoms with E-state index in [4.69, 9.17) is 14.7 Å². The zero-order valence-electron chi connectivity index (χ0n) is 20.4. The van der Waals surface area contributed by atoms with Crippen LogP contribution in [0.3, 0.4) is 0 Å². The zero-order valence-corrected chi connectivity index (χ0v) is 21.2. The smallest absolute Gasteiger partial charge is 0.204 e. The molecular weight excluding hydrogens is 462 g/mol. The maximum atomic E-state index is 12.1. The van der Waals surface area contributed by atoms with E-state index in [2.05, 4.69) is 32.4 Å². The van der Waals surface area contributed by atoms with Crippen molar-refractivity contribution >= 4 is 35.0 Å². The molecule has 2 aliphatic rings. The summed E-state index contributed by atoms with van der Waals surface area (Å²) in [4.78, 5) is 27.4. The molecule has 5 rings (SSSR count). The van der Waals surface area contributed by atoms with Crippen LogP contribution in [0.2, 0.25) is 0 Å². The van der Waals surface area contributed by atoms with Gasteiger partial charge in [-0.1, -0.05) is 12.1 Å². The summed E-state index contributed by atoms with van der Waals surface area (Å²) in [7, 11) is 3.78. The summed E-state index contributed by atoms with van der Waals surface area (Å²) in [5.74, 6) is 3.27. The number of anilines is 3. The molecule has 0 unspecified atom stereocenters. The molecule has 184 valence electrons. The second kappa shape index (κ2) is 10.2. The fourth-order valence-corrected chi connectivity index (χ4v) is 4.86. The Morgan fingerprint density at radius 3 is 2.54 bits per heavy atom. The van der Waals surface area contributed by atoms with Crippen LogP contribution in [-0.4, -0.2) is 71.2 Å². The number of carbonyl (C=O) groups excluding carboxylic acids is 1. The maximum absolute atomic E-state index is 12.1. The zero-order chi connectivity index (χ0) is 24.4. The number of hydrogen-bond acceptors (Lipinski definition) is 9. The monoisotopic (exact) mass is 493 g/mol. The number of nitrogens with zero attached hydrogens (tertiary/aromatic N) is 5. The predicted octanol–water partition coefficient (Wildman–Crippen LogP) is 3.68. The van der Waals surface area contributed by atoms with Crippen molar-refractivity contribution in [3.05, 3.63) is 41.6 Å². The number of ether oxygens (including phenoxy) is 1. The minimum atomic E-state index is 0.286. The van der Waals surface area contributed by atoms with Crippen LogP contribution in [0.5, 0.6) is 5.75 Å². The van der Waals surface area contributed by atoms with Gasteiger partial charge in [-0.25, -0.2) is 9.97 Å². The normalized spacial score (nSPS) is 16.4. The molecule has 1 saturated heterocycles. The first-order valence-corrected chi connectivity index (χ1v) is 12.8. The number of methoxy groups -OCH3 is 1. The van der Waals surface area contributed by atoms with Gasteiger partial charge in [0.1, 0.15) is 5.78 Å². The van der Waals surface area contributed by atoms with Crippen LogP contribution in [-0.2, 0) is 11.2 Å². The number of aromatic nitrogens is 4. The van der Waals surface area contributed by atoms with E-state index >= 15 is 0 Å². The lowest BCUT2D eigenvalue weighted by Gasteiger charge is -2.34. The average Bonchev–Trinajstić information content (AvgIpc) is 3.63. The van der Waals surface area contributed by atoms with E-state index in [0.717, 1.165) is 61.0 Å². The lowest BCUT2D eigenvalue weighted by molar-refractivity contribution is -0.119. The summed E-state index contributed by atoms with van der Waals surface area (Å²) in [5, 5.41) is 11.2. The van der Waals surface area contributed by atoms with Crippen molar-refractivity contribution in [3.63, 3.8) is 0 Å². The molecule has 9 nitrogen and oxygen atoms in total. The predicted molar refractivity (Wildman–Crippen MR) is 137 cm³/mol. The average molecular weight is 494 g/mol. The van der Waals surface area contributed by atoms with Gasteiger partial charge in [0.25, 0.3) is 0 Å². The fraction of sp³-hybridized carbons (Fsp3) is 0.440. The highest BCUT2D eigenvalue weighted by Gasteiger charge is 2.29. The highest BCUT2D eigenvalue weighted by molar-refractivity contribution is 7.99. The largest absolute Gasteiger partial charge is 0.490 e. The molecule has 10 heteroatoms. The number of hydrogen-bond donors (Lipinski definition) is 2. The Morgan fingerprint density at radius 2 is 1.91 bits per heavy atom. The number of aromatic amines is 1. The number of ketones is 1. The lowest BCUT2D eigenvalue weighted by atomic mass is 10.1. The number of likely N-dealkylation sites (N-methyl/N-ethyl adjacent to an activating group) is 1. The van der Waals surface area contributed by atoms with Crippen molar-refractivity contribution < 1.29 is 9.53 Å². The lowest BCUT2D eigenvalue weighted by Crippen LogP contribution is -2.45. The van der Waals surface area contributed by atoms with E-state index in [1.807, 2.05) is 37.3 Å². The van der Waals surface area contributed by atoms with Crippen LogP contribution in [0, 0.1) is 12.8 Å². The topological polar surface area (TPSA) is 99.3 Å². The van der Waals surface area contributed by atoms with E-state index < -0.39 is 0 Å². The maximum Gasteiger partial charge on any atom is 0.204 e. The van der Waals surface area contributed by atoms with Gasteiger partial charge in [0, 0.05) is 55.2 Å². The number of benzene rings is 1. The molecule has 0 spiro atoms. The van der Waals surface area contributed by atoms with Crippen LogP contribution < -0.4 is 15.0 Å². The Kier molecular flexibility index (Phi) is 6.92. The van der Waals surface area contributed by atoms with Gasteiger partial charge in [0.15, 0.2) is 22.6 Å². The van der Waals surface area contributed by atoms with Crippen molar-refractivity contribution in [1.29, 1.82) is 0 Å². The summed E-state index contributed by atoms with van der Waals surface area (Å²) < 4.78 is 5.80. The van der Waals surface area contributed by atoms with Crippen LogP contribution in [0.25, 0.3) is 0 Å². The number of Topliss-reactive ketones (excluding diaryl/α,β-unsaturated/α-hetero) is 1. The van der Waals surface area contributed by atoms with Gasteiger partial charge < -0.3 is 19.9 Å². The Balaban J connectivity index is 1.42. The molecule has 3 aromatic rings. The molecule has 2 fully saturated rings. The SMILES string of the molecule is COc1c(Nc2cc(C)[nH]n2)nc(Sc2ccc(CC(=O)C3CC3)cc2)nc1N1CCN(C)CC1. The number of rotatable bonds is 9. The summed E-state index contributed by atoms with van der Waals surface area (Å²) in [5.41, 5.74) is 2.01. The van der Waals surface area contributed by atoms with Crippen LogP contribution in [0.15, 0.2) is 40.4 Å². The molecule has 0 atom stereocenters. The molecule has 1 saturated carbocycles. The molecule has 1 aromatic carbocycles. The first-order valence-electron chi connectivity index (χ1n) is 12.0. The van der Waals surface area contributed by atoms with Crippen LogP contribution in [0.1, 0.15) is 24.1 Å². The molecule has 2 N–H and O–H groups in total. The third-order valence-electron chi connectivity index (χ3n) is 6.33. The van der Waals surface area contributed by atoms with Gasteiger partial charge in [-0.3, -0.25) is 9.89 Å². The summed E-state index contributed by atoms with van der Waals surface area (Å²) in [6, 6.07) is 10.0. The Labute approximate surface area is 209 Å². The molecule has 1 aliphatic heterocycles. The number of piperazine rings is 1. The van der Waals surface area contributed by atoms with Crippen molar-refractivity contribution in [3.8, 4) is 5.75 Å². The molecule has 1 aliphatic carbocycles. The van der Waals surface area contributed by atoms with E-state index in [1.165, 1.54) is 11.8 Å². The molecule has 0 radical (unpaired) electrons. The first kappa shape index (κ1) is 23.6. The highest BCUT2D eigenvalue weighted by Crippen LogP contribution is 2.38. The number of carbonyl (C=O) groups is 1. The molecule has 35 heavy (non-hydrogen) atoms. The highest BCUT2D eigenvalue weighted by atomic mass is 32.2. The third kappa shape index (κ3) is 5.76. The van der Waals surface area contributed by atoms with Gasteiger partial charge >= 0.3 is 0 Å². The van der Waals surface area contributed by atoms with Crippen molar-refractivity contribution in [2.24, 2.45) is 5.92 Å². The summed E-state index contributed by atoms with van der Waals surface area (Å²) >= 11 is 1.49. The number of aryl methyl sites for hydroxylation is 1. The Hall–Kier alpha value is -3.11. The molecule has 0 bridgehead atoms. The van der Waals surface area contributed by atoms with Crippen molar-refractivity contribution in [2.45, 2.75) is 36.2 Å². The summed E-state index contributed by atoms with van der Waals surface area (Å²) in [6.45, 7) is 5.58. The van der Waals surface area contributed by atoms with E-state index in [1.54, 1.807) is 7.11 Å². The van der Waals surface area contributed by atoms with Gasteiger partial charge in [-0.05, 0) is 56.3 Å². The molecule has 2 aromatic heterocycles. The number of nitrogens with one attached hydrogen (secondary N) is 2. The quantitative estimate of drug-likeness (QED) is 0.432. The number of H-pyrrole nitrogens is 1. The van der Waals surface area contributed by atoms with E-state index in [9.17, 15) is 4.79 Å². The molecule has 3 heterocycles. The van der Waals surface area contributed by atoms with Crippen LogP contribution >= 0.6 is 11.8 Å². The Morgan fingerprint density at radius 1 is 1.17 bits per heavy atom. The van der Waals surface area contributed by atoms with Gasteiger partial charge in [0.05, 0.1) is 7.11 Å². The second-order valence-electron chi connectivity index (χ2n) is 9.23. The van der Waals surface area contributed by atoms with E-state index in [-0.39, 0.29) is 5.92 Å². The fourth-order valence-electron chi connectivity index (χ4n) is 4.10. The van der Waals surface area contributed by atoms with Gasteiger partial charge in [0.2, 0.25) is 5.75 Å². The third-order valence-corrected chi connectivity index (χ3v) is 7.20.